The number of aliphatic hydroxyl groups is 1. The fourth-order valence-corrected chi connectivity index (χ4v) is 3.47. The number of nitrogens with zero attached hydrogens (tertiary/aromatic N) is 3. The third-order valence-corrected chi connectivity index (χ3v) is 4.72. The van der Waals surface area contributed by atoms with Crippen molar-refractivity contribution in [2.24, 2.45) is 5.92 Å². The van der Waals surface area contributed by atoms with Crippen LogP contribution < -0.4 is 0 Å². The topological polar surface area (TPSA) is 58.5 Å². The van der Waals surface area contributed by atoms with Gasteiger partial charge in [0.25, 0.3) is 0 Å². The molecule has 1 aliphatic carbocycles. The summed E-state index contributed by atoms with van der Waals surface area (Å²) in [6, 6.07) is 0.197. The summed E-state index contributed by atoms with van der Waals surface area (Å²) in [5, 5.41) is 9.34. The van der Waals surface area contributed by atoms with Crippen LogP contribution in [0.2, 0.25) is 0 Å². The Kier molecular flexibility index (Phi) is 4.57. The smallest absolute Gasteiger partial charge is 0.396 e. The lowest BCUT2D eigenvalue weighted by molar-refractivity contribution is -0.145. The normalized spacial score (nSPS) is 28.8. The molecule has 0 aromatic carbocycles. The Morgan fingerprint density at radius 3 is 2.83 bits per heavy atom. The van der Waals surface area contributed by atoms with Crippen LogP contribution >= 0.6 is 0 Å². The van der Waals surface area contributed by atoms with E-state index in [0.717, 1.165) is 19.4 Å². The fourth-order valence-electron chi connectivity index (χ4n) is 3.47. The van der Waals surface area contributed by atoms with E-state index >= 15 is 0 Å². The van der Waals surface area contributed by atoms with Gasteiger partial charge in [-0.25, -0.2) is 9.97 Å². The maximum absolute atomic E-state index is 12.6. The van der Waals surface area contributed by atoms with Crippen LogP contribution in [0.1, 0.15) is 29.9 Å². The molecule has 3 atom stereocenters. The highest BCUT2D eigenvalue weighted by Gasteiger charge is 2.41. The first-order chi connectivity index (χ1) is 10.9. The summed E-state index contributed by atoms with van der Waals surface area (Å²) in [5.74, 6) is -0.865. The number of alkyl halides is 3. The average molecular weight is 331 g/mol. The lowest BCUT2D eigenvalue weighted by atomic mass is 10.1. The summed E-state index contributed by atoms with van der Waals surface area (Å²) >= 11 is 0. The highest BCUT2D eigenvalue weighted by Crippen LogP contribution is 2.35. The van der Waals surface area contributed by atoms with Crippen LogP contribution in [-0.4, -0.2) is 51.9 Å². The molecular formula is C15H20F3N3O2. The Balaban J connectivity index is 1.74. The predicted octanol–water partition coefficient (Wildman–Crippen LogP) is 1.78. The second kappa shape index (κ2) is 6.33. The minimum atomic E-state index is -4.52. The Hall–Kier alpha value is -1.25. The van der Waals surface area contributed by atoms with Gasteiger partial charge in [-0.2, -0.15) is 13.2 Å². The molecular weight excluding hydrogens is 311 g/mol. The van der Waals surface area contributed by atoms with Gasteiger partial charge < -0.3 is 9.84 Å². The van der Waals surface area contributed by atoms with Crippen LogP contribution in [0.3, 0.4) is 0 Å². The largest absolute Gasteiger partial charge is 0.451 e. The average Bonchev–Trinajstić information content (AvgIpc) is 2.92. The molecule has 128 valence electrons. The number of aromatic nitrogens is 2. The maximum atomic E-state index is 12.6. The maximum Gasteiger partial charge on any atom is 0.451 e. The molecule has 0 amide bonds. The van der Waals surface area contributed by atoms with Crippen LogP contribution in [-0.2, 0) is 17.5 Å². The van der Waals surface area contributed by atoms with Crippen LogP contribution in [0.4, 0.5) is 13.2 Å². The van der Waals surface area contributed by atoms with Crippen LogP contribution in [0.5, 0.6) is 0 Å². The molecule has 5 nitrogen and oxygen atoms in total. The number of fused-ring (bicyclic) bond motifs is 1. The van der Waals surface area contributed by atoms with Gasteiger partial charge in [0.1, 0.15) is 0 Å². The molecule has 1 saturated heterocycles. The van der Waals surface area contributed by atoms with E-state index in [0.29, 0.717) is 24.4 Å². The molecule has 1 N–H and O–H groups in total. The molecule has 2 aliphatic rings. The Bertz CT molecular complexity index is 567. The van der Waals surface area contributed by atoms with Crippen molar-refractivity contribution in [2.45, 2.75) is 44.6 Å². The Morgan fingerprint density at radius 1 is 1.39 bits per heavy atom. The number of aliphatic hydroxyl groups excluding tert-OH is 1. The second-order valence-electron chi connectivity index (χ2n) is 6.27. The minimum Gasteiger partial charge on any atom is -0.396 e. The Morgan fingerprint density at radius 2 is 2.17 bits per heavy atom. The molecule has 1 aromatic heterocycles. The second-order valence-corrected chi connectivity index (χ2v) is 6.27. The van der Waals surface area contributed by atoms with Crippen molar-refractivity contribution in [1.29, 1.82) is 0 Å². The molecule has 8 heteroatoms. The van der Waals surface area contributed by atoms with Gasteiger partial charge in [-0.1, -0.05) is 0 Å². The number of ether oxygens (including phenoxy) is 1. The standard InChI is InChI=1S/C15H20F3N3O2/c1-9-11(6-19-14(20-9)15(16,17)18)7-21-2-3-23-13-5-10(8-22)4-12(13)21/h6,10,12-13,22H,2-5,7-8H2,1H3/t10-,12+,13+/m1/s1. The molecule has 0 spiro atoms. The summed E-state index contributed by atoms with van der Waals surface area (Å²) in [4.78, 5) is 9.26. The summed E-state index contributed by atoms with van der Waals surface area (Å²) in [6.45, 7) is 3.55. The first-order valence-electron chi connectivity index (χ1n) is 7.74. The summed E-state index contributed by atoms with van der Waals surface area (Å²) in [6.07, 6.45) is -1.47. The lowest BCUT2D eigenvalue weighted by Gasteiger charge is -2.37. The number of hydrogen-bond acceptors (Lipinski definition) is 5. The zero-order valence-electron chi connectivity index (χ0n) is 12.9. The number of halogens is 3. The van der Waals surface area contributed by atoms with Crippen molar-refractivity contribution in [1.82, 2.24) is 14.9 Å². The summed E-state index contributed by atoms with van der Waals surface area (Å²) in [7, 11) is 0. The van der Waals surface area contributed by atoms with Gasteiger partial charge in [-0.3, -0.25) is 4.90 Å². The first-order valence-corrected chi connectivity index (χ1v) is 7.74. The van der Waals surface area contributed by atoms with Crippen molar-refractivity contribution in [3.8, 4) is 0 Å². The molecule has 23 heavy (non-hydrogen) atoms. The zero-order chi connectivity index (χ0) is 16.6. The quantitative estimate of drug-likeness (QED) is 0.915. The van der Waals surface area contributed by atoms with Gasteiger partial charge in [-0.15, -0.1) is 0 Å². The van der Waals surface area contributed by atoms with E-state index in [1.807, 2.05) is 0 Å². The van der Waals surface area contributed by atoms with Gasteiger partial charge in [-0.05, 0) is 25.7 Å². The number of morpholine rings is 1. The molecule has 2 fully saturated rings. The van der Waals surface area contributed by atoms with E-state index in [1.54, 1.807) is 6.92 Å². The zero-order valence-corrected chi connectivity index (χ0v) is 12.9. The van der Waals surface area contributed by atoms with Crippen molar-refractivity contribution in [3.05, 3.63) is 23.3 Å². The molecule has 1 saturated carbocycles. The minimum absolute atomic E-state index is 0.0940. The van der Waals surface area contributed by atoms with Crippen molar-refractivity contribution in [2.75, 3.05) is 19.8 Å². The van der Waals surface area contributed by atoms with Crippen LogP contribution in [0.15, 0.2) is 6.20 Å². The SMILES string of the molecule is Cc1nc(C(F)(F)F)ncc1CN1CCO[C@H]2C[C@H](CO)C[C@@H]21. The van der Waals surface area contributed by atoms with Crippen LogP contribution in [0.25, 0.3) is 0 Å². The molecule has 2 heterocycles. The van der Waals surface area contributed by atoms with E-state index in [2.05, 4.69) is 14.9 Å². The monoisotopic (exact) mass is 331 g/mol. The highest BCUT2D eigenvalue weighted by molar-refractivity contribution is 5.17. The predicted molar refractivity (Wildman–Crippen MR) is 75.5 cm³/mol. The molecule has 0 unspecified atom stereocenters. The van der Waals surface area contributed by atoms with Crippen LogP contribution in [0, 0.1) is 12.8 Å². The number of rotatable bonds is 3. The van der Waals surface area contributed by atoms with Gasteiger partial charge in [0.15, 0.2) is 0 Å². The molecule has 1 aliphatic heterocycles. The fraction of sp³-hybridized carbons (Fsp3) is 0.733. The molecule has 1 aromatic rings. The summed E-state index contributed by atoms with van der Waals surface area (Å²) < 4.78 is 43.7. The molecule has 0 bridgehead atoms. The third kappa shape index (κ3) is 3.49. The third-order valence-electron chi connectivity index (χ3n) is 4.72. The molecule has 0 radical (unpaired) electrons. The van der Waals surface area contributed by atoms with E-state index in [-0.39, 0.29) is 24.7 Å². The van der Waals surface area contributed by atoms with Crippen molar-refractivity contribution in [3.63, 3.8) is 0 Å². The van der Waals surface area contributed by atoms with Crippen molar-refractivity contribution < 1.29 is 23.0 Å². The van der Waals surface area contributed by atoms with Gasteiger partial charge >= 0.3 is 6.18 Å². The van der Waals surface area contributed by atoms with Crippen molar-refractivity contribution >= 4 is 0 Å². The van der Waals surface area contributed by atoms with Gasteiger partial charge in [0.2, 0.25) is 5.82 Å². The molecule has 3 rings (SSSR count). The van der Waals surface area contributed by atoms with E-state index in [1.165, 1.54) is 6.20 Å². The lowest BCUT2D eigenvalue weighted by Crippen LogP contribution is -2.48. The first kappa shape index (κ1) is 16.6. The van der Waals surface area contributed by atoms with E-state index in [9.17, 15) is 18.3 Å². The van der Waals surface area contributed by atoms with E-state index in [4.69, 9.17) is 4.74 Å². The Labute approximate surface area is 132 Å². The van der Waals surface area contributed by atoms with E-state index < -0.39 is 12.0 Å². The number of hydrogen-bond donors (Lipinski definition) is 1. The summed E-state index contributed by atoms with van der Waals surface area (Å²) in [5.41, 5.74) is 1.05. The number of aryl methyl sites for hydroxylation is 1. The van der Waals surface area contributed by atoms with Gasteiger partial charge in [0, 0.05) is 43.2 Å². The van der Waals surface area contributed by atoms with Gasteiger partial charge in [0.05, 0.1) is 12.7 Å². The highest BCUT2D eigenvalue weighted by atomic mass is 19.4.